The second kappa shape index (κ2) is 7.51. The van der Waals surface area contributed by atoms with Crippen LogP contribution in [0.4, 0.5) is 0 Å². The number of thioether (sulfide) groups is 1. The third-order valence-electron chi connectivity index (χ3n) is 3.71. The third-order valence-corrected chi connectivity index (χ3v) is 5.04. The Hall–Kier alpha value is -1.96. The summed E-state index contributed by atoms with van der Waals surface area (Å²) in [5.41, 5.74) is 1.51. The Bertz CT molecular complexity index is 969. The molecule has 25 heavy (non-hydrogen) atoms. The monoisotopic (exact) mass is 393 g/mol. The number of H-pyrrole nitrogens is 1. The molecule has 0 radical (unpaired) electrons. The summed E-state index contributed by atoms with van der Waals surface area (Å²) in [4.78, 5) is 1.08. The van der Waals surface area contributed by atoms with Crippen molar-refractivity contribution in [3.8, 4) is 28.6 Å². The Morgan fingerprint density at radius 1 is 1.16 bits per heavy atom. The highest BCUT2D eigenvalue weighted by Gasteiger charge is 2.18. The van der Waals surface area contributed by atoms with E-state index in [1.165, 1.54) is 0 Å². The third kappa shape index (κ3) is 3.40. The van der Waals surface area contributed by atoms with E-state index in [0.717, 1.165) is 16.1 Å². The van der Waals surface area contributed by atoms with Crippen LogP contribution in [0.25, 0.3) is 17.1 Å². The molecule has 0 saturated heterocycles. The van der Waals surface area contributed by atoms with Gasteiger partial charge in [-0.25, -0.2) is 0 Å². The van der Waals surface area contributed by atoms with Gasteiger partial charge in [-0.1, -0.05) is 11.6 Å². The lowest BCUT2D eigenvalue weighted by Gasteiger charge is -2.14. The Morgan fingerprint density at radius 3 is 2.64 bits per heavy atom. The molecule has 0 aliphatic heterocycles. The molecule has 0 aliphatic rings. The zero-order chi connectivity index (χ0) is 18.0. The fourth-order valence-corrected chi connectivity index (χ4v) is 3.35. The van der Waals surface area contributed by atoms with Gasteiger partial charge in [0.15, 0.2) is 10.6 Å². The second-order valence-electron chi connectivity index (χ2n) is 5.07. The van der Waals surface area contributed by atoms with Gasteiger partial charge >= 0.3 is 0 Å². The van der Waals surface area contributed by atoms with Gasteiger partial charge in [0.2, 0.25) is 0 Å². The average Bonchev–Trinajstić information content (AvgIpc) is 3.02. The van der Waals surface area contributed by atoms with Gasteiger partial charge < -0.3 is 9.47 Å². The molecule has 1 N–H and O–H groups in total. The molecule has 0 amide bonds. The van der Waals surface area contributed by atoms with Gasteiger partial charge in [0, 0.05) is 16.5 Å². The fourth-order valence-electron chi connectivity index (χ4n) is 2.48. The number of aromatic amines is 1. The zero-order valence-corrected chi connectivity index (χ0v) is 16.3. The Morgan fingerprint density at radius 2 is 1.96 bits per heavy atom. The minimum atomic E-state index is 0.437. The lowest BCUT2D eigenvalue weighted by molar-refractivity contribution is 0.401. The van der Waals surface area contributed by atoms with Crippen molar-refractivity contribution in [3.63, 3.8) is 0 Å². The summed E-state index contributed by atoms with van der Waals surface area (Å²) >= 11 is 13.5. The van der Waals surface area contributed by atoms with Crippen molar-refractivity contribution in [1.29, 1.82) is 0 Å². The molecular weight excluding hydrogens is 378 g/mol. The largest absolute Gasteiger partial charge is 0.497 e. The highest BCUT2D eigenvalue weighted by atomic mass is 35.5. The topological polar surface area (TPSA) is 52.1 Å². The number of benzene rings is 2. The van der Waals surface area contributed by atoms with E-state index < -0.39 is 0 Å². The maximum absolute atomic E-state index is 6.42. The molecule has 3 aromatic rings. The summed E-state index contributed by atoms with van der Waals surface area (Å²) in [5, 5.41) is 7.82. The van der Waals surface area contributed by atoms with E-state index in [-0.39, 0.29) is 0 Å². The number of nitrogens with one attached hydrogen (secondary N) is 1. The normalized spacial score (nSPS) is 10.7. The first-order chi connectivity index (χ1) is 12.1. The summed E-state index contributed by atoms with van der Waals surface area (Å²) in [6.45, 7) is 0. The Kier molecular flexibility index (Phi) is 5.36. The molecule has 5 nitrogen and oxygen atoms in total. The molecular formula is C17H16ClN3O2S2. The first kappa shape index (κ1) is 17.8. The maximum Gasteiger partial charge on any atom is 0.200 e. The molecule has 0 atom stereocenters. The zero-order valence-electron chi connectivity index (χ0n) is 13.9. The molecule has 130 valence electrons. The molecule has 3 rings (SSSR count). The molecule has 1 heterocycles. The summed E-state index contributed by atoms with van der Waals surface area (Å²) in [5.74, 6) is 1.95. The van der Waals surface area contributed by atoms with Gasteiger partial charge in [0.05, 0.1) is 24.9 Å². The van der Waals surface area contributed by atoms with Crippen molar-refractivity contribution in [3.05, 3.63) is 46.2 Å². The van der Waals surface area contributed by atoms with E-state index in [0.29, 0.717) is 27.1 Å². The predicted octanol–water partition coefficient (Wildman–Crippen LogP) is 4.99. The van der Waals surface area contributed by atoms with Crippen LogP contribution in [0.5, 0.6) is 11.5 Å². The number of ether oxygens (including phenoxy) is 2. The molecule has 0 fully saturated rings. The van der Waals surface area contributed by atoms with E-state index in [4.69, 9.17) is 33.3 Å². The van der Waals surface area contributed by atoms with Crippen molar-refractivity contribution in [2.45, 2.75) is 4.90 Å². The van der Waals surface area contributed by atoms with Crippen LogP contribution in [-0.2, 0) is 0 Å². The van der Waals surface area contributed by atoms with Crippen molar-refractivity contribution < 1.29 is 9.47 Å². The summed E-state index contributed by atoms with van der Waals surface area (Å²) in [6, 6.07) is 11.3. The first-order valence-electron chi connectivity index (χ1n) is 7.32. The van der Waals surface area contributed by atoms with E-state index in [2.05, 4.69) is 10.2 Å². The van der Waals surface area contributed by atoms with E-state index in [1.807, 2.05) is 42.7 Å². The number of hydrogen-bond donors (Lipinski definition) is 1. The Balaban J connectivity index is 2.28. The minimum absolute atomic E-state index is 0.437. The van der Waals surface area contributed by atoms with Crippen LogP contribution in [0.15, 0.2) is 41.3 Å². The Labute approximate surface area is 159 Å². The van der Waals surface area contributed by atoms with Crippen LogP contribution in [0.3, 0.4) is 0 Å². The highest BCUT2D eigenvalue weighted by molar-refractivity contribution is 7.98. The van der Waals surface area contributed by atoms with Crippen LogP contribution < -0.4 is 9.47 Å². The molecule has 0 bridgehead atoms. The molecule has 0 spiro atoms. The number of halogens is 1. The van der Waals surface area contributed by atoms with Gasteiger partial charge in [0.25, 0.3) is 0 Å². The standard InChI is InChI=1S/C17H16ClN3O2S2/c1-22-10-4-7-15(23-2)14(8-10)21-16(19-20-17(21)24)12-9-11(25-3)5-6-13(12)18/h4-9H,1-3H3,(H,20,24). The van der Waals surface area contributed by atoms with Crippen LogP contribution in [0.2, 0.25) is 5.02 Å². The maximum atomic E-state index is 6.42. The van der Waals surface area contributed by atoms with Crippen molar-refractivity contribution in [1.82, 2.24) is 14.8 Å². The summed E-state index contributed by atoms with van der Waals surface area (Å²) in [7, 11) is 3.22. The average molecular weight is 394 g/mol. The van der Waals surface area contributed by atoms with Crippen molar-refractivity contribution in [2.75, 3.05) is 20.5 Å². The van der Waals surface area contributed by atoms with Crippen molar-refractivity contribution in [2.24, 2.45) is 0 Å². The molecule has 0 aliphatic carbocycles. The predicted molar refractivity (Wildman–Crippen MR) is 104 cm³/mol. The highest BCUT2D eigenvalue weighted by Crippen LogP contribution is 2.35. The van der Waals surface area contributed by atoms with E-state index in [1.54, 1.807) is 30.5 Å². The van der Waals surface area contributed by atoms with E-state index >= 15 is 0 Å². The molecule has 2 aromatic carbocycles. The van der Waals surface area contributed by atoms with Gasteiger partial charge in [-0.15, -0.1) is 11.8 Å². The van der Waals surface area contributed by atoms with Crippen LogP contribution in [-0.4, -0.2) is 35.2 Å². The van der Waals surface area contributed by atoms with Gasteiger partial charge in [0.1, 0.15) is 11.5 Å². The molecule has 1 aromatic heterocycles. The number of rotatable bonds is 5. The number of hydrogen-bond acceptors (Lipinski definition) is 5. The number of nitrogens with zero attached hydrogens (tertiary/aromatic N) is 2. The number of methoxy groups -OCH3 is 2. The first-order valence-corrected chi connectivity index (χ1v) is 9.34. The van der Waals surface area contributed by atoms with Gasteiger partial charge in [-0.2, -0.15) is 5.10 Å². The van der Waals surface area contributed by atoms with Crippen LogP contribution in [0, 0.1) is 4.77 Å². The van der Waals surface area contributed by atoms with Crippen LogP contribution in [0.1, 0.15) is 0 Å². The van der Waals surface area contributed by atoms with Gasteiger partial charge in [-0.3, -0.25) is 9.67 Å². The molecule has 0 unspecified atom stereocenters. The van der Waals surface area contributed by atoms with E-state index in [9.17, 15) is 0 Å². The SMILES string of the molecule is COc1ccc(OC)c(-n2c(-c3cc(SC)ccc3Cl)n[nH]c2=S)c1. The summed E-state index contributed by atoms with van der Waals surface area (Å²) in [6.07, 6.45) is 2.01. The minimum Gasteiger partial charge on any atom is -0.497 e. The van der Waals surface area contributed by atoms with Crippen LogP contribution >= 0.6 is 35.6 Å². The quantitative estimate of drug-likeness (QED) is 0.489. The van der Waals surface area contributed by atoms with Gasteiger partial charge in [-0.05, 0) is 48.8 Å². The second-order valence-corrected chi connectivity index (χ2v) is 6.74. The fraction of sp³-hybridized carbons (Fsp3) is 0.176. The number of aromatic nitrogens is 3. The molecule has 8 heteroatoms. The lowest BCUT2D eigenvalue weighted by atomic mass is 10.2. The summed E-state index contributed by atoms with van der Waals surface area (Å²) < 4.78 is 13.1. The van der Waals surface area contributed by atoms with Crippen molar-refractivity contribution >= 4 is 35.6 Å². The lowest BCUT2D eigenvalue weighted by Crippen LogP contribution is -2.02. The smallest absolute Gasteiger partial charge is 0.200 e. The molecule has 0 saturated carbocycles.